The van der Waals surface area contributed by atoms with Crippen molar-refractivity contribution in [3.8, 4) is 0 Å². The van der Waals surface area contributed by atoms with E-state index < -0.39 is 0 Å². The molecule has 2 fully saturated rings. The maximum absolute atomic E-state index is 12.4. The molecule has 0 N–H and O–H groups in total. The Kier molecular flexibility index (Phi) is 3.90. The molecule has 0 radical (unpaired) electrons. The topological polar surface area (TPSA) is 23.6 Å². The summed E-state index contributed by atoms with van der Waals surface area (Å²) in [5.74, 6) is 0.263. The smallest absolute Gasteiger partial charge is 0.176 e. The zero-order chi connectivity index (χ0) is 14.1. The molecule has 108 valence electrons. The van der Waals surface area contributed by atoms with Gasteiger partial charge >= 0.3 is 0 Å². The normalized spacial score (nSPS) is 23.8. The quantitative estimate of drug-likeness (QED) is 0.789. The highest BCUT2D eigenvalue weighted by molar-refractivity contribution is 5.97. The van der Waals surface area contributed by atoms with Crippen molar-refractivity contribution in [2.75, 3.05) is 32.7 Å². The number of carbonyl (C=O) groups is 1. The van der Waals surface area contributed by atoms with Crippen LogP contribution in [0.4, 0.5) is 0 Å². The zero-order valence-corrected chi connectivity index (χ0v) is 12.6. The minimum atomic E-state index is 0.263. The van der Waals surface area contributed by atoms with Gasteiger partial charge in [0.25, 0.3) is 0 Å². The highest BCUT2D eigenvalue weighted by atomic mass is 16.1. The lowest BCUT2D eigenvalue weighted by molar-refractivity contribution is 0.0784. The van der Waals surface area contributed by atoms with E-state index in [2.05, 4.69) is 29.7 Å². The van der Waals surface area contributed by atoms with Crippen molar-refractivity contribution >= 4 is 5.78 Å². The van der Waals surface area contributed by atoms with Gasteiger partial charge in [0.15, 0.2) is 5.78 Å². The standard InChI is InChI=1S/C17H24N2O/c1-13-5-6-15(10-14(13)2)17(20)12-18-8-9-19-7-3-4-16(19)11-18/h5-6,10,16H,3-4,7-9,11-12H2,1-2H3. The SMILES string of the molecule is Cc1ccc(C(=O)CN2CCN3CCCC3C2)cc1C. The number of rotatable bonds is 3. The number of benzene rings is 1. The fraction of sp³-hybridized carbons (Fsp3) is 0.588. The lowest BCUT2D eigenvalue weighted by Crippen LogP contribution is -2.51. The highest BCUT2D eigenvalue weighted by Crippen LogP contribution is 2.21. The minimum Gasteiger partial charge on any atom is -0.298 e. The number of carbonyl (C=O) groups excluding carboxylic acids is 1. The summed E-state index contributed by atoms with van der Waals surface area (Å²) in [6.07, 6.45) is 2.62. The number of hydrogen-bond acceptors (Lipinski definition) is 3. The third-order valence-corrected chi connectivity index (χ3v) is 4.87. The monoisotopic (exact) mass is 272 g/mol. The predicted octanol–water partition coefficient (Wildman–Crippen LogP) is 2.27. The van der Waals surface area contributed by atoms with E-state index in [1.165, 1.54) is 30.5 Å². The average Bonchev–Trinajstić information content (AvgIpc) is 2.89. The van der Waals surface area contributed by atoms with E-state index in [-0.39, 0.29) is 5.78 Å². The number of ketones is 1. The first kappa shape index (κ1) is 13.8. The van der Waals surface area contributed by atoms with Gasteiger partial charge < -0.3 is 0 Å². The molecule has 1 aromatic rings. The highest BCUT2D eigenvalue weighted by Gasteiger charge is 2.31. The molecule has 3 heteroatoms. The second-order valence-corrected chi connectivity index (χ2v) is 6.29. The molecule has 3 nitrogen and oxygen atoms in total. The van der Waals surface area contributed by atoms with Gasteiger partial charge in [0.05, 0.1) is 6.54 Å². The summed E-state index contributed by atoms with van der Waals surface area (Å²) < 4.78 is 0. The van der Waals surface area contributed by atoms with Crippen molar-refractivity contribution in [2.45, 2.75) is 32.7 Å². The maximum Gasteiger partial charge on any atom is 0.176 e. The zero-order valence-electron chi connectivity index (χ0n) is 12.6. The van der Waals surface area contributed by atoms with Gasteiger partial charge in [-0.2, -0.15) is 0 Å². The predicted molar refractivity (Wildman–Crippen MR) is 81.3 cm³/mol. The Bertz CT molecular complexity index is 512. The van der Waals surface area contributed by atoms with E-state index >= 15 is 0 Å². The Hall–Kier alpha value is -1.19. The molecular formula is C17H24N2O. The van der Waals surface area contributed by atoms with Gasteiger partial charge in [0.1, 0.15) is 0 Å². The Morgan fingerprint density at radius 2 is 2.05 bits per heavy atom. The molecule has 3 rings (SSSR count). The van der Waals surface area contributed by atoms with Crippen molar-refractivity contribution in [3.05, 3.63) is 34.9 Å². The summed E-state index contributed by atoms with van der Waals surface area (Å²) in [5.41, 5.74) is 3.32. The molecule has 2 aliphatic rings. The van der Waals surface area contributed by atoms with Crippen LogP contribution in [-0.4, -0.2) is 54.3 Å². The van der Waals surface area contributed by atoms with Crippen molar-refractivity contribution in [3.63, 3.8) is 0 Å². The van der Waals surface area contributed by atoms with E-state index in [1.807, 2.05) is 12.1 Å². The van der Waals surface area contributed by atoms with Crippen LogP contribution in [0.25, 0.3) is 0 Å². The largest absolute Gasteiger partial charge is 0.298 e. The van der Waals surface area contributed by atoms with Crippen molar-refractivity contribution in [1.29, 1.82) is 0 Å². The van der Waals surface area contributed by atoms with Crippen LogP contribution in [0.1, 0.15) is 34.3 Å². The Morgan fingerprint density at radius 1 is 1.20 bits per heavy atom. The number of hydrogen-bond donors (Lipinski definition) is 0. The number of fused-ring (bicyclic) bond motifs is 1. The molecule has 0 aromatic heterocycles. The van der Waals surface area contributed by atoms with Crippen LogP contribution in [0.3, 0.4) is 0 Å². The molecule has 0 saturated carbocycles. The van der Waals surface area contributed by atoms with E-state index in [9.17, 15) is 4.79 Å². The van der Waals surface area contributed by atoms with E-state index in [0.717, 1.165) is 25.2 Å². The van der Waals surface area contributed by atoms with Gasteiger partial charge in [0, 0.05) is 31.2 Å². The van der Waals surface area contributed by atoms with Crippen LogP contribution in [0.2, 0.25) is 0 Å². The van der Waals surface area contributed by atoms with Crippen LogP contribution in [0.15, 0.2) is 18.2 Å². The van der Waals surface area contributed by atoms with Gasteiger partial charge in [-0.15, -0.1) is 0 Å². The van der Waals surface area contributed by atoms with Crippen molar-refractivity contribution < 1.29 is 4.79 Å². The number of Topliss-reactive ketones (excluding diaryl/α,β-unsaturated/α-hetero) is 1. The summed E-state index contributed by atoms with van der Waals surface area (Å²) in [7, 11) is 0. The molecule has 2 saturated heterocycles. The summed E-state index contributed by atoms with van der Waals surface area (Å²) in [4.78, 5) is 17.3. The fourth-order valence-corrected chi connectivity index (χ4v) is 3.41. The third kappa shape index (κ3) is 2.79. The van der Waals surface area contributed by atoms with Crippen molar-refractivity contribution in [2.24, 2.45) is 0 Å². The fourth-order valence-electron chi connectivity index (χ4n) is 3.41. The molecule has 2 aliphatic heterocycles. The number of aryl methyl sites for hydroxylation is 2. The Balaban J connectivity index is 1.62. The Labute approximate surface area is 121 Å². The first-order valence-electron chi connectivity index (χ1n) is 7.70. The lowest BCUT2D eigenvalue weighted by Gasteiger charge is -2.37. The van der Waals surface area contributed by atoms with Gasteiger partial charge in [-0.05, 0) is 50.4 Å². The second kappa shape index (κ2) is 5.66. The first-order valence-corrected chi connectivity index (χ1v) is 7.70. The Morgan fingerprint density at radius 3 is 2.85 bits per heavy atom. The number of nitrogens with zero attached hydrogens (tertiary/aromatic N) is 2. The summed E-state index contributed by atoms with van der Waals surface area (Å²) >= 11 is 0. The molecule has 1 atom stereocenters. The van der Waals surface area contributed by atoms with Gasteiger partial charge in [-0.25, -0.2) is 0 Å². The van der Waals surface area contributed by atoms with E-state index in [1.54, 1.807) is 0 Å². The summed E-state index contributed by atoms with van der Waals surface area (Å²) in [6, 6.07) is 6.74. The molecule has 2 heterocycles. The van der Waals surface area contributed by atoms with Crippen molar-refractivity contribution in [1.82, 2.24) is 9.80 Å². The third-order valence-electron chi connectivity index (χ3n) is 4.87. The van der Waals surface area contributed by atoms with Gasteiger partial charge in [-0.3, -0.25) is 14.6 Å². The minimum absolute atomic E-state index is 0.263. The van der Waals surface area contributed by atoms with Crippen LogP contribution in [0.5, 0.6) is 0 Å². The molecule has 0 spiro atoms. The van der Waals surface area contributed by atoms with Gasteiger partial charge in [-0.1, -0.05) is 12.1 Å². The molecule has 1 aromatic carbocycles. The molecule has 0 bridgehead atoms. The molecule has 1 unspecified atom stereocenters. The summed E-state index contributed by atoms with van der Waals surface area (Å²) in [5, 5.41) is 0. The average molecular weight is 272 g/mol. The van der Waals surface area contributed by atoms with E-state index in [0.29, 0.717) is 12.6 Å². The molecule has 20 heavy (non-hydrogen) atoms. The molecular weight excluding hydrogens is 248 g/mol. The van der Waals surface area contributed by atoms with Crippen LogP contribution in [-0.2, 0) is 0 Å². The molecule has 0 aliphatic carbocycles. The van der Waals surface area contributed by atoms with Gasteiger partial charge in [0.2, 0.25) is 0 Å². The number of piperazine rings is 1. The van der Waals surface area contributed by atoms with Crippen LogP contribution in [0, 0.1) is 13.8 Å². The first-order chi connectivity index (χ1) is 9.63. The molecule has 0 amide bonds. The maximum atomic E-state index is 12.4. The lowest BCUT2D eigenvalue weighted by atomic mass is 10.0. The van der Waals surface area contributed by atoms with Crippen LogP contribution < -0.4 is 0 Å². The second-order valence-electron chi connectivity index (χ2n) is 6.29. The van der Waals surface area contributed by atoms with Crippen LogP contribution >= 0.6 is 0 Å². The summed E-state index contributed by atoms with van der Waals surface area (Å²) in [6.45, 7) is 9.22. The van der Waals surface area contributed by atoms with E-state index in [4.69, 9.17) is 0 Å².